The SMILES string of the molecule is CC(=O)Nc1nc(C(=O)N2CCc3[nH]ncc3C2)cs1. The van der Waals surface area contributed by atoms with Crippen molar-refractivity contribution in [3.8, 4) is 0 Å². The van der Waals surface area contributed by atoms with Gasteiger partial charge in [0.15, 0.2) is 5.13 Å². The molecule has 1 aliphatic heterocycles. The molecule has 0 spiro atoms. The van der Waals surface area contributed by atoms with Gasteiger partial charge >= 0.3 is 0 Å². The van der Waals surface area contributed by atoms with E-state index in [1.54, 1.807) is 16.5 Å². The van der Waals surface area contributed by atoms with Crippen LogP contribution in [0.25, 0.3) is 0 Å². The summed E-state index contributed by atoms with van der Waals surface area (Å²) in [6.45, 7) is 2.59. The van der Waals surface area contributed by atoms with Gasteiger partial charge < -0.3 is 10.2 Å². The topological polar surface area (TPSA) is 91.0 Å². The molecule has 0 aliphatic carbocycles. The fraction of sp³-hybridized carbons (Fsp3) is 0.333. The fourth-order valence-corrected chi connectivity index (χ4v) is 2.87. The van der Waals surface area contributed by atoms with E-state index in [0.29, 0.717) is 23.9 Å². The lowest BCUT2D eigenvalue weighted by atomic mass is 10.1. The lowest BCUT2D eigenvalue weighted by Gasteiger charge is -2.25. The van der Waals surface area contributed by atoms with Crippen molar-refractivity contribution in [1.82, 2.24) is 20.1 Å². The lowest BCUT2D eigenvalue weighted by molar-refractivity contribution is -0.114. The molecular weight excluding hydrogens is 278 g/mol. The first-order valence-corrected chi connectivity index (χ1v) is 7.05. The van der Waals surface area contributed by atoms with E-state index in [9.17, 15) is 9.59 Å². The molecule has 7 nitrogen and oxygen atoms in total. The molecule has 0 fully saturated rings. The van der Waals surface area contributed by atoms with Crippen LogP contribution in [-0.4, -0.2) is 38.4 Å². The molecular formula is C12H13N5O2S. The maximum absolute atomic E-state index is 12.4. The highest BCUT2D eigenvalue weighted by atomic mass is 32.1. The van der Waals surface area contributed by atoms with E-state index < -0.39 is 0 Å². The van der Waals surface area contributed by atoms with E-state index in [2.05, 4.69) is 20.5 Å². The minimum Gasteiger partial charge on any atom is -0.332 e. The van der Waals surface area contributed by atoms with Crippen LogP contribution in [0.5, 0.6) is 0 Å². The Morgan fingerprint density at radius 1 is 1.50 bits per heavy atom. The number of anilines is 1. The van der Waals surface area contributed by atoms with Crippen molar-refractivity contribution in [2.75, 3.05) is 11.9 Å². The Morgan fingerprint density at radius 2 is 2.35 bits per heavy atom. The molecule has 20 heavy (non-hydrogen) atoms. The zero-order valence-corrected chi connectivity index (χ0v) is 11.7. The Labute approximate surface area is 119 Å². The molecule has 0 bridgehead atoms. The fourth-order valence-electron chi connectivity index (χ4n) is 2.14. The molecule has 2 amide bonds. The summed E-state index contributed by atoms with van der Waals surface area (Å²) >= 11 is 1.25. The normalized spacial score (nSPS) is 13.9. The second-order valence-corrected chi connectivity index (χ2v) is 5.43. The summed E-state index contributed by atoms with van der Waals surface area (Å²) in [5.74, 6) is -0.316. The zero-order valence-electron chi connectivity index (χ0n) is 10.8. The molecule has 0 aromatic carbocycles. The average molecular weight is 291 g/mol. The second kappa shape index (κ2) is 5.04. The van der Waals surface area contributed by atoms with Crippen molar-refractivity contribution in [1.29, 1.82) is 0 Å². The third-order valence-corrected chi connectivity index (χ3v) is 3.85. The summed E-state index contributed by atoms with van der Waals surface area (Å²) < 4.78 is 0. The molecule has 2 aromatic heterocycles. The average Bonchev–Trinajstić information content (AvgIpc) is 3.04. The molecule has 0 unspecified atom stereocenters. The summed E-state index contributed by atoms with van der Waals surface area (Å²) in [7, 11) is 0. The Hall–Kier alpha value is -2.22. The van der Waals surface area contributed by atoms with Crippen molar-refractivity contribution in [3.63, 3.8) is 0 Å². The molecule has 2 aromatic rings. The zero-order chi connectivity index (χ0) is 14.1. The van der Waals surface area contributed by atoms with Crippen molar-refractivity contribution in [2.45, 2.75) is 19.9 Å². The largest absolute Gasteiger partial charge is 0.332 e. The van der Waals surface area contributed by atoms with Crippen molar-refractivity contribution < 1.29 is 9.59 Å². The highest BCUT2D eigenvalue weighted by Gasteiger charge is 2.24. The number of hydrogen-bond donors (Lipinski definition) is 2. The van der Waals surface area contributed by atoms with Gasteiger partial charge in [0.25, 0.3) is 5.91 Å². The van der Waals surface area contributed by atoms with Crippen LogP contribution in [0.15, 0.2) is 11.6 Å². The number of rotatable bonds is 2. The van der Waals surface area contributed by atoms with Crippen LogP contribution in [0.4, 0.5) is 5.13 Å². The van der Waals surface area contributed by atoms with E-state index in [1.165, 1.54) is 18.3 Å². The quantitative estimate of drug-likeness (QED) is 0.864. The summed E-state index contributed by atoms with van der Waals surface area (Å²) in [5, 5.41) is 11.6. The standard InChI is InChI=1S/C12H13N5O2S/c1-7(18)14-12-15-10(6-20-12)11(19)17-3-2-9-8(5-17)4-13-16-9/h4,6H,2-3,5H2,1H3,(H,13,16)(H,14,15,18). The van der Waals surface area contributed by atoms with Crippen molar-refractivity contribution in [3.05, 3.63) is 28.5 Å². The van der Waals surface area contributed by atoms with Crippen LogP contribution >= 0.6 is 11.3 Å². The van der Waals surface area contributed by atoms with E-state index in [1.807, 2.05) is 0 Å². The lowest BCUT2D eigenvalue weighted by Crippen LogP contribution is -2.35. The van der Waals surface area contributed by atoms with Gasteiger partial charge in [-0.05, 0) is 0 Å². The van der Waals surface area contributed by atoms with Crippen LogP contribution in [0.2, 0.25) is 0 Å². The molecule has 1 aliphatic rings. The molecule has 104 valence electrons. The molecule has 8 heteroatoms. The van der Waals surface area contributed by atoms with E-state index in [0.717, 1.165) is 17.7 Å². The van der Waals surface area contributed by atoms with Crippen LogP contribution in [0.3, 0.4) is 0 Å². The summed E-state index contributed by atoms with van der Waals surface area (Å²) in [6, 6.07) is 0. The summed E-state index contributed by atoms with van der Waals surface area (Å²) in [6.07, 6.45) is 2.52. The van der Waals surface area contributed by atoms with Crippen LogP contribution in [0, 0.1) is 0 Å². The number of aromatic nitrogens is 3. The predicted molar refractivity (Wildman–Crippen MR) is 73.4 cm³/mol. The van der Waals surface area contributed by atoms with Crippen LogP contribution < -0.4 is 5.32 Å². The first-order valence-electron chi connectivity index (χ1n) is 6.17. The summed E-state index contributed by atoms with van der Waals surface area (Å²) in [4.78, 5) is 29.2. The van der Waals surface area contributed by atoms with Crippen molar-refractivity contribution in [2.24, 2.45) is 0 Å². The number of carbonyl (C=O) groups excluding carboxylic acids is 2. The monoisotopic (exact) mass is 291 g/mol. The van der Waals surface area contributed by atoms with E-state index in [-0.39, 0.29) is 11.8 Å². The van der Waals surface area contributed by atoms with Gasteiger partial charge in [0, 0.05) is 43.1 Å². The number of fused-ring (bicyclic) bond motifs is 1. The van der Waals surface area contributed by atoms with Gasteiger partial charge in [0.1, 0.15) is 5.69 Å². The van der Waals surface area contributed by atoms with Crippen LogP contribution in [0.1, 0.15) is 28.7 Å². The van der Waals surface area contributed by atoms with Gasteiger partial charge in [-0.15, -0.1) is 11.3 Å². The van der Waals surface area contributed by atoms with Gasteiger partial charge in [0.2, 0.25) is 5.91 Å². The first kappa shape index (κ1) is 12.8. The smallest absolute Gasteiger partial charge is 0.273 e. The minimum absolute atomic E-state index is 0.121. The number of nitrogens with one attached hydrogen (secondary N) is 2. The number of H-pyrrole nitrogens is 1. The predicted octanol–water partition coefficient (Wildman–Crippen LogP) is 1.02. The van der Waals surface area contributed by atoms with E-state index in [4.69, 9.17) is 0 Å². The number of aromatic amines is 1. The maximum atomic E-state index is 12.4. The van der Waals surface area contributed by atoms with E-state index >= 15 is 0 Å². The Bertz CT molecular complexity index is 662. The highest BCUT2D eigenvalue weighted by Crippen LogP contribution is 2.21. The second-order valence-electron chi connectivity index (χ2n) is 4.57. The van der Waals surface area contributed by atoms with Gasteiger partial charge in [-0.1, -0.05) is 0 Å². The molecule has 0 atom stereocenters. The van der Waals surface area contributed by atoms with Gasteiger partial charge in [0.05, 0.1) is 6.20 Å². The maximum Gasteiger partial charge on any atom is 0.273 e. The van der Waals surface area contributed by atoms with Crippen LogP contribution in [-0.2, 0) is 17.8 Å². The summed E-state index contributed by atoms with van der Waals surface area (Å²) in [5.41, 5.74) is 2.50. The third-order valence-electron chi connectivity index (χ3n) is 3.09. The Kier molecular flexibility index (Phi) is 3.23. The van der Waals surface area contributed by atoms with Gasteiger partial charge in [-0.3, -0.25) is 14.7 Å². The van der Waals surface area contributed by atoms with Gasteiger partial charge in [-0.25, -0.2) is 4.98 Å². The number of amides is 2. The molecule has 3 heterocycles. The molecule has 0 saturated carbocycles. The highest BCUT2D eigenvalue weighted by molar-refractivity contribution is 7.14. The van der Waals surface area contributed by atoms with Gasteiger partial charge in [-0.2, -0.15) is 5.10 Å². The molecule has 2 N–H and O–H groups in total. The molecule has 0 radical (unpaired) electrons. The van der Waals surface area contributed by atoms with Crippen molar-refractivity contribution >= 4 is 28.3 Å². The number of hydrogen-bond acceptors (Lipinski definition) is 5. The number of nitrogens with zero attached hydrogens (tertiary/aromatic N) is 3. The number of thiazole rings is 1. The Morgan fingerprint density at radius 3 is 3.15 bits per heavy atom. The Balaban J connectivity index is 1.73. The number of carbonyl (C=O) groups is 2. The molecule has 0 saturated heterocycles. The first-order chi connectivity index (χ1) is 9.63. The molecule has 3 rings (SSSR count). The minimum atomic E-state index is -0.195. The third kappa shape index (κ3) is 2.42.